The van der Waals surface area contributed by atoms with Crippen molar-refractivity contribution in [1.29, 1.82) is 0 Å². The standard InChI is InChI=1S/C6H11N5/c1-5(2)4-7-6-8-9-10-11(6)3/h1,4H2,2-3H3,(H,7,8,10). The summed E-state index contributed by atoms with van der Waals surface area (Å²) >= 11 is 0. The van der Waals surface area contributed by atoms with Gasteiger partial charge in [0.25, 0.3) is 0 Å². The lowest BCUT2D eigenvalue weighted by atomic mass is 10.3. The van der Waals surface area contributed by atoms with Crippen molar-refractivity contribution in [2.45, 2.75) is 6.92 Å². The molecule has 0 bridgehead atoms. The van der Waals surface area contributed by atoms with Crippen LogP contribution in [0, 0.1) is 0 Å². The number of hydrogen-bond acceptors (Lipinski definition) is 4. The van der Waals surface area contributed by atoms with E-state index >= 15 is 0 Å². The van der Waals surface area contributed by atoms with Gasteiger partial charge in [-0.05, 0) is 17.4 Å². The molecular weight excluding hydrogens is 142 g/mol. The lowest BCUT2D eigenvalue weighted by molar-refractivity contribution is 0.713. The minimum Gasteiger partial charge on any atom is -0.349 e. The predicted octanol–water partition coefficient (Wildman–Crippen LogP) is 0.198. The highest BCUT2D eigenvalue weighted by molar-refractivity contribution is 5.23. The molecule has 0 aliphatic carbocycles. The zero-order chi connectivity index (χ0) is 8.27. The molecule has 0 atom stereocenters. The number of tetrazole rings is 1. The Kier molecular flexibility index (Phi) is 2.20. The van der Waals surface area contributed by atoms with Gasteiger partial charge in [0, 0.05) is 13.6 Å². The van der Waals surface area contributed by atoms with Crippen molar-refractivity contribution in [2.24, 2.45) is 7.05 Å². The second kappa shape index (κ2) is 3.14. The summed E-state index contributed by atoms with van der Waals surface area (Å²) in [6, 6.07) is 0. The van der Waals surface area contributed by atoms with Gasteiger partial charge in [0.2, 0.25) is 5.95 Å². The van der Waals surface area contributed by atoms with Crippen molar-refractivity contribution in [3.8, 4) is 0 Å². The molecule has 5 nitrogen and oxygen atoms in total. The van der Waals surface area contributed by atoms with Crippen LogP contribution >= 0.6 is 0 Å². The van der Waals surface area contributed by atoms with Crippen LogP contribution in [0.15, 0.2) is 12.2 Å². The van der Waals surface area contributed by atoms with Gasteiger partial charge in [-0.15, -0.1) is 0 Å². The van der Waals surface area contributed by atoms with Crippen LogP contribution in [-0.2, 0) is 7.05 Å². The van der Waals surface area contributed by atoms with Gasteiger partial charge in [0.1, 0.15) is 0 Å². The number of aryl methyl sites for hydroxylation is 1. The van der Waals surface area contributed by atoms with Gasteiger partial charge < -0.3 is 5.32 Å². The monoisotopic (exact) mass is 153 g/mol. The Hall–Kier alpha value is -1.39. The minimum atomic E-state index is 0.660. The van der Waals surface area contributed by atoms with E-state index in [1.165, 1.54) is 0 Å². The Morgan fingerprint density at radius 2 is 2.45 bits per heavy atom. The number of nitrogens with one attached hydrogen (secondary N) is 1. The van der Waals surface area contributed by atoms with Gasteiger partial charge in [-0.2, -0.15) is 0 Å². The van der Waals surface area contributed by atoms with E-state index in [4.69, 9.17) is 0 Å². The number of anilines is 1. The van der Waals surface area contributed by atoms with Crippen LogP contribution in [0.4, 0.5) is 5.95 Å². The fourth-order valence-corrected chi connectivity index (χ4v) is 0.609. The second-order valence-corrected chi connectivity index (χ2v) is 2.44. The molecular formula is C6H11N5. The Labute approximate surface area is 65.1 Å². The summed E-state index contributed by atoms with van der Waals surface area (Å²) in [7, 11) is 1.78. The van der Waals surface area contributed by atoms with Crippen LogP contribution in [0.25, 0.3) is 0 Å². The Morgan fingerprint density at radius 3 is 2.91 bits per heavy atom. The summed E-state index contributed by atoms with van der Waals surface area (Å²) < 4.78 is 1.57. The molecule has 1 rings (SSSR count). The van der Waals surface area contributed by atoms with Crippen LogP contribution in [0.1, 0.15) is 6.92 Å². The van der Waals surface area contributed by atoms with E-state index in [2.05, 4.69) is 27.4 Å². The SMILES string of the molecule is C=C(C)CNc1nnnn1C. The first kappa shape index (κ1) is 7.71. The van der Waals surface area contributed by atoms with Gasteiger partial charge in [0.15, 0.2) is 0 Å². The molecule has 0 amide bonds. The highest BCUT2D eigenvalue weighted by Gasteiger charge is 1.98. The molecule has 1 N–H and O–H groups in total. The predicted molar refractivity (Wildman–Crippen MR) is 42.1 cm³/mol. The van der Waals surface area contributed by atoms with Gasteiger partial charge in [0.05, 0.1) is 0 Å². The highest BCUT2D eigenvalue weighted by Crippen LogP contribution is 1.96. The van der Waals surface area contributed by atoms with E-state index in [-0.39, 0.29) is 0 Å². The average Bonchev–Trinajstić information content (AvgIpc) is 2.31. The van der Waals surface area contributed by atoms with Gasteiger partial charge in [-0.1, -0.05) is 17.3 Å². The zero-order valence-corrected chi connectivity index (χ0v) is 6.70. The molecule has 0 saturated carbocycles. The molecule has 1 aromatic rings. The lowest BCUT2D eigenvalue weighted by Crippen LogP contribution is -2.07. The Bertz CT molecular complexity index is 251. The second-order valence-electron chi connectivity index (χ2n) is 2.44. The molecule has 0 aliphatic heterocycles. The maximum atomic E-state index is 3.74. The first-order valence-electron chi connectivity index (χ1n) is 3.31. The van der Waals surface area contributed by atoms with E-state index in [9.17, 15) is 0 Å². The van der Waals surface area contributed by atoms with Gasteiger partial charge in [-0.3, -0.25) is 0 Å². The average molecular weight is 153 g/mol. The number of aromatic nitrogens is 4. The summed E-state index contributed by atoms with van der Waals surface area (Å²) in [5.74, 6) is 0.660. The van der Waals surface area contributed by atoms with Crippen LogP contribution < -0.4 is 5.32 Å². The quantitative estimate of drug-likeness (QED) is 0.630. The molecule has 60 valence electrons. The molecule has 0 saturated heterocycles. The van der Waals surface area contributed by atoms with E-state index in [0.29, 0.717) is 12.5 Å². The van der Waals surface area contributed by atoms with Crippen molar-refractivity contribution in [1.82, 2.24) is 20.2 Å². The van der Waals surface area contributed by atoms with Crippen molar-refractivity contribution in [3.63, 3.8) is 0 Å². The molecule has 1 aromatic heterocycles. The summed E-state index contributed by atoms with van der Waals surface area (Å²) in [5.41, 5.74) is 1.05. The fourth-order valence-electron chi connectivity index (χ4n) is 0.609. The molecule has 1 heterocycles. The zero-order valence-electron chi connectivity index (χ0n) is 6.70. The van der Waals surface area contributed by atoms with Crippen LogP contribution in [0.2, 0.25) is 0 Å². The molecule has 0 fully saturated rings. The lowest BCUT2D eigenvalue weighted by Gasteiger charge is -2.01. The summed E-state index contributed by atoms with van der Waals surface area (Å²) in [6.07, 6.45) is 0. The van der Waals surface area contributed by atoms with Crippen molar-refractivity contribution in [3.05, 3.63) is 12.2 Å². The fraction of sp³-hybridized carbons (Fsp3) is 0.500. The topological polar surface area (TPSA) is 55.6 Å². The maximum absolute atomic E-state index is 3.74. The van der Waals surface area contributed by atoms with E-state index < -0.39 is 0 Å². The van der Waals surface area contributed by atoms with Crippen LogP contribution in [0.3, 0.4) is 0 Å². The molecule has 0 radical (unpaired) electrons. The first-order valence-corrected chi connectivity index (χ1v) is 3.31. The number of hydrogen-bond donors (Lipinski definition) is 1. The molecule has 5 heteroatoms. The Balaban J connectivity index is 2.51. The third-order valence-electron chi connectivity index (χ3n) is 1.17. The molecule has 0 aliphatic rings. The van der Waals surface area contributed by atoms with Crippen LogP contribution in [-0.4, -0.2) is 26.8 Å². The summed E-state index contributed by atoms with van der Waals surface area (Å²) in [5, 5.41) is 13.9. The molecule has 0 aromatic carbocycles. The largest absolute Gasteiger partial charge is 0.349 e. The van der Waals surface area contributed by atoms with Crippen LogP contribution in [0.5, 0.6) is 0 Å². The maximum Gasteiger partial charge on any atom is 0.242 e. The van der Waals surface area contributed by atoms with E-state index in [1.54, 1.807) is 11.7 Å². The van der Waals surface area contributed by atoms with Crippen molar-refractivity contribution >= 4 is 5.95 Å². The molecule has 0 spiro atoms. The minimum absolute atomic E-state index is 0.660. The van der Waals surface area contributed by atoms with E-state index in [0.717, 1.165) is 5.57 Å². The molecule has 11 heavy (non-hydrogen) atoms. The molecule has 0 unspecified atom stereocenters. The van der Waals surface area contributed by atoms with Gasteiger partial charge >= 0.3 is 0 Å². The van der Waals surface area contributed by atoms with Crippen molar-refractivity contribution < 1.29 is 0 Å². The number of rotatable bonds is 3. The third kappa shape index (κ3) is 2.03. The summed E-state index contributed by atoms with van der Waals surface area (Å²) in [6.45, 7) is 6.39. The summed E-state index contributed by atoms with van der Waals surface area (Å²) in [4.78, 5) is 0. The van der Waals surface area contributed by atoms with Crippen molar-refractivity contribution in [2.75, 3.05) is 11.9 Å². The van der Waals surface area contributed by atoms with Gasteiger partial charge in [-0.25, -0.2) is 4.68 Å². The highest BCUT2D eigenvalue weighted by atomic mass is 15.6. The van der Waals surface area contributed by atoms with E-state index in [1.807, 2.05) is 6.92 Å². The third-order valence-corrected chi connectivity index (χ3v) is 1.17. The first-order chi connectivity index (χ1) is 5.20. The number of nitrogens with zero attached hydrogens (tertiary/aromatic N) is 4. The Morgan fingerprint density at radius 1 is 1.73 bits per heavy atom. The smallest absolute Gasteiger partial charge is 0.242 e. The normalized spacial score (nSPS) is 9.64.